The molecule has 2 atom stereocenters. The normalized spacial score (nSPS) is 25.2. The summed E-state index contributed by atoms with van der Waals surface area (Å²) in [6.45, 7) is 2.16. The summed E-state index contributed by atoms with van der Waals surface area (Å²) in [6.07, 6.45) is 5.13. The standard InChI is InChI=1S/C19H18N2S3/c1-11-8-15(18(20)23)24-17(11)12-6-7-16(22)19(9-12)10-21-14-5-3-2-4-13(14)19/h2-5,8,10,12H,6-7,9H2,1H3,(H2,20,23). The molecule has 2 nitrogen and oxygen atoms in total. The van der Waals surface area contributed by atoms with Gasteiger partial charge < -0.3 is 5.73 Å². The van der Waals surface area contributed by atoms with Gasteiger partial charge in [0.25, 0.3) is 0 Å². The first-order chi connectivity index (χ1) is 11.5. The minimum absolute atomic E-state index is 0.186. The van der Waals surface area contributed by atoms with Crippen LogP contribution < -0.4 is 5.73 Å². The summed E-state index contributed by atoms with van der Waals surface area (Å²) < 4.78 is 0. The molecule has 1 fully saturated rings. The zero-order valence-electron chi connectivity index (χ0n) is 13.4. The maximum absolute atomic E-state index is 5.83. The summed E-state index contributed by atoms with van der Waals surface area (Å²) >= 11 is 12.7. The molecule has 1 aromatic heterocycles. The van der Waals surface area contributed by atoms with Crippen molar-refractivity contribution in [3.05, 3.63) is 51.2 Å². The number of thiophene rings is 1. The highest BCUT2D eigenvalue weighted by molar-refractivity contribution is 7.81. The van der Waals surface area contributed by atoms with Crippen molar-refractivity contribution in [2.45, 2.75) is 37.5 Å². The van der Waals surface area contributed by atoms with Crippen molar-refractivity contribution < 1.29 is 0 Å². The molecule has 1 spiro atoms. The SMILES string of the molecule is Cc1cc(C(N)=S)sc1C1CCC(=S)C2(C=Nc3ccccc32)C1. The molecule has 1 aromatic carbocycles. The van der Waals surface area contributed by atoms with Crippen molar-refractivity contribution in [1.29, 1.82) is 0 Å². The summed E-state index contributed by atoms with van der Waals surface area (Å²) in [6, 6.07) is 10.5. The van der Waals surface area contributed by atoms with Gasteiger partial charge in [0.1, 0.15) is 4.99 Å². The number of thiocarbonyl (C=S) groups is 2. The van der Waals surface area contributed by atoms with Gasteiger partial charge >= 0.3 is 0 Å². The van der Waals surface area contributed by atoms with Crippen LogP contribution in [0.1, 0.15) is 46.1 Å². The molecular weight excluding hydrogens is 352 g/mol. The Morgan fingerprint density at radius 1 is 1.38 bits per heavy atom. The van der Waals surface area contributed by atoms with Crippen LogP contribution in [0.25, 0.3) is 0 Å². The molecule has 1 aliphatic carbocycles. The second kappa shape index (κ2) is 5.83. The van der Waals surface area contributed by atoms with Gasteiger partial charge in [0, 0.05) is 16.0 Å². The molecule has 5 heteroatoms. The zero-order chi connectivity index (χ0) is 16.9. The van der Waals surface area contributed by atoms with Gasteiger partial charge in [0.05, 0.1) is 16.0 Å². The maximum Gasteiger partial charge on any atom is 0.114 e. The average Bonchev–Trinajstić information content (AvgIpc) is 3.13. The zero-order valence-corrected chi connectivity index (χ0v) is 15.9. The molecule has 0 saturated heterocycles. The number of aliphatic imine (C=N–C) groups is 1. The van der Waals surface area contributed by atoms with Crippen LogP contribution in [0.2, 0.25) is 0 Å². The van der Waals surface area contributed by atoms with Gasteiger partial charge in [-0.25, -0.2) is 0 Å². The molecule has 0 amide bonds. The molecule has 2 unspecified atom stereocenters. The number of benzene rings is 1. The topological polar surface area (TPSA) is 38.4 Å². The van der Waals surface area contributed by atoms with Gasteiger partial charge in [-0.3, -0.25) is 4.99 Å². The van der Waals surface area contributed by atoms with E-state index in [9.17, 15) is 0 Å². The molecule has 1 aliphatic heterocycles. The quantitative estimate of drug-likeness (QED) is 0.758. The third-order valence-corrected chi connectivity index (χ3v) is 7.51. The predicted molar refractivity (Wildman–Crippen MR) is 110 cm³/mol. The fourth-order valence-electron chi connectivity index (χ4n) is 3.98. The highest BCUT2D eigenvalue weighted by Gasteiger charge is 2.45. The lowest BCUT2D eigenvalue weighted by Gasteiger charge is -2.37. The fourth-order valence-corrected chi connectivity index (χ4v) is 5.69. The van der Waals surface area contributed by atoms with Gasteiger partial charge in [-0.1, -0.05) is 42.6 Å². The summed E-state index contributed by atoms with van der Waals surface area (Å²) in [5.74, 6) is 0.474. The number of rotatable bonds is 2. The number of nitrogens with zero attached hydrogens (tertiary/aromatic N) is 1. The highest BCUT2D eigenvalue weighted by atomic mass is 32.1. The van der Waals surface area contributed by atoms with Crippen molar-refractivity contribution in [3.8, 4) is 0 Å². The number of aryl methyl sites for hydroxylation is 1. The minimum atomic E-state index is -0.186. The predicted octanol–water partition coefficient (Wildman–Crippen LogP) is 4.98. The monoisotopic (exact) mass is 370 g/mol. The van der Waals surface area contributed by atoms with Crippen LogP contribution in [-0.4, -0.2) is 16.1 Å². The van der Waals surface area contributed by atoms with Gasteiger partial charge in [0.2, 0.25) is 0 Å². The molecule has 2 heterocycles. The Kier molecular flexibility index (Phi) is 3.90. The molecule has 0 radical (unpaired) electrons. The fraction of sp³-hybridized carbons (Fsp3) is 0.316. The minimum Gasteiger partial charge on any atom is -0.389 e. The van der Waals surface area contributed by atoms with E-state index in [-0.39, 0.29) is 5.41 Å². The lowest BCUT2D eigenvalue weighted by atomic mass is 9.66. The molecule has 2 aromatic rings. The molecule has 2 N–H and O–H groups in total. The first kappa shape index (κ1) is 16.1. The Bertz CT molecular complexity index is 880. The Balaban J connectivity index is 1.74. The lowest BCUT2D eigenvalue weighted by molar-refractivity contribution is 0.503. The van der Waals surface area contributed by atoms with E-state index >= 15 is 0 Å². The number of hydrogen-bond donors (Lipinski definition) is 1. The first-order valence-electron chi connectivity index (χ1n) is 8.09. The molecular formula is C19H18N2S3. The van der Waals surface area contributed by atoms with Gasteiger partial charge in [-0.05, 0) is 55.4 Å². The van der Waals surface area contributed by atoms with E-state index in [4.69, 9.17) is 30.2 Å². The van der Waals surface area contributed by atoms with Gasteiger partial charge in [-0.2, -0.15) is 0 Å². The van der Waals surface area contributed by atoms with Crippen molar-refractivity contribution >= 4 is 57.5 Å². The van der Waals surface area contributed by atoms with Gasteiger partial charge in [-0.15, -0.1) is 11.3 Å². The molecule has 4 rings (SSSR count). The number of fused-ring (bicyclic) bond motifs is 2. The largest absolute Gasteiger partial charge is 0.389 e. The summed E-state index contributed by atoms with van der Waals surface area (Å²) in [5, 5.41) is 0. The third kappa shape index (κ3) is 2.38. The van der Waals surface area contributed by atoms with E-state index in [1.54, 1.807) is 11.3 Å². The van der Waals surface area contributed by atoms with Crippen LogP contribution in [0.15, 0.2) is 35.3 Å². The summed E-state index contributed by atoms with van der Waals surface area (Å²) in [5.41, 5.74) is 9.26. The first-order valence-corrected chi connectivity index (χ1v) is 9.73. The third-order valence-electron chi connectivity index (χ3n) is 5.16. The Hall–Kier alpha value is -1.43. The van der Waals surface area contributed by atoms with E-state index in [2.05, 4.69) is 42.4 Å². The van der Waals surface area contributed by atoms with E-state index in [0.29, 0.717) is 10.9 Å². The number of nitrogens with two attached hydrogens (primary N) is 1. The Labute approximate surface area is 156 Å². The van der Waals surface area contributed by atoms with Crippen molar-refractivity contribution in [2.75, 3.05) is 0 Å². The van der Waals surface area contributed by atoms with E-state index in [1.165, 1.54) is 16.0 Å². The molecule has 122 valence electrons. The van der Waals surface area contributed by atoms with Crippen LogP contribution in [0.5, 0.6) is 0 Å². The average molecular weight is 371 g/mol. The van der Waals surface area contributed by atoms with Crippen LogP contribution in [0.4, 0.5) is 5.69 Å². The van der Waals surface area contributed by atoms with Crippen molar-refractivity contribution in [1.82, 2.24) is 0 Å². The number of para-hydroxylation sites is 1. The van der Waals surface area contributed by atoms with Crippen LogP contribution in [0.3, 0.4) is 0 Å². The maximum atomic E-state index is 5.83. The molecule has 1 saturated carbocycles. The summed E-state index contributed by atoms with van der Waals surface area (Å²) in [7, 11) is 0. The van der Waals surface area contributed by atoms with E-state index < -0.39 is 0 Å². The van der Waals surface area contributed by atoms with E-state index in [1.807, 2.05) is 6.07 Å². The van der Waals surface area contributed by atoms with Crippen molar-refractivity contribution in [2.24, 2.45) is 10.7 Å². The molecule has 24 heavy (non-hydrogen) atoms. The molecule has 0 bridgehead atoms. The lowest BCUT2D eigenvalue weighted by Crippen LogP contribution is -2.39. The highest BCUT2D eigenvalue weighted by Crippen LogP contribution is 2.50. The van der Waals surface area contributed by atoms with Crippen LogP contribution in [-0.2, 0) is 5.41 Å². The van der Waals surface area contributed by atoms with E-state index in [0.717, 1.165) is 34.7 Å². The second-order valence-electron chi connectivity index (χ2n) is 6.63. The van der Waals surface area contributed by atoms with Crippen molar-refractivity contribution in [3.63, 3.8) is 0 Å². The van der Waals surface area contributed by atoms with Gasteiger partial charge in [0.15, 0.2) is 0 Å². The summed E-state index contributed by atoms with van der Waals surface area (Å²) in [4.78, 5) is 8.69. The van der Waals surface area contributed by atoms with Crippen LogP contribution >= 0.6 is 35.8 Å². The smallest absolute Gasteiger partial charge is 0.114 e. The Morgan fingerprint density at radius 2 is 2.17 bits per heavy atom. The van der Waals surface area contributed by atoms with Crippen LogP contribution in [0, 0.1) is 6.92 Å². The second-order valence-corrected chi connectivity index (χ2v) is 8.65. The Morgan fingerprint density at radius 3 is 2.92 bits per heavy atom. The molecule has 2 aliphatic rings. The number of hydrogen-bond acceptors (Lipinski definition) is 4.